The SMILES string of the molecule is CNCc1ccc(NC(=O)CSC(C)(C)C)cc1.Cl. The van der Waals surface area contributed by atoms with Crippen molar-refractivity contribution in [1.82, 2.24) is 5.32 Å². The molecule has 19 heavy (non-hydrogen) atoms. The van der Waals surface area contributed by atoms with E-state index in [1.165, 1.54) is 5.56 Å². The van der Waals surface area contributed by atoms with Crippen LogP contribution in [-0.2, 0) is 11.3 Å². The number of hydrogen-bond donors (Lipinski definition) is 2. The van der Waals surface area contributed by atoms with Gasteiger partial charge in [-0.15, -0.1) is 24.2 Å². The fraction of sp³-hybridized carbons (Fsp3) is 0.500. The highest BCUT2D eigenvalue weighted by atomic mass is 35.5. The highest BCUT2D eigenvalue weighted by Crippen LogP contribution is 2.23. The van der Waals surface area contributed by atoms with Gasteiger partial charge in [0.15, 0.2) is 0 Å². The zero-order valence-corrected chi connectivity index (χ0v) is 13.6. The van der Waals surface area contributed by atoms with Crippen LogP contribution in [-0.4, -0.2) is 23.5 Å². The summed E-state index contributed by atoms with van der Waals surface area (Å²) in [6.07, 6.45) is 0. The van der Waals surface area contributed by atoms with Gasteiger partial charge in [-0.25, -0.2) is 0 Å². The van der Waals surface area contributed by atoms with Gasteiger partial charge in [0.1, 0.15) is 0 Å². The maximum atomic E-state index is 11.7. The summed E-state index contributed by atoms with van der Waals surface area (Å²) >= 11 is 1.65. The number of halogens is 1. The molecule has 0 aromatic heterocycles. The Labute approximate surface area is 126 Å². The normalized spacial score (nSPS) is 10.7. The molecule has 0 heterocycles. The van der Waals surface area contributed by atoms with Crippen LogP contribution in [0.25, 0.3) is 0 Å². The van der Waals surface area contributed by atoms with Crippen LogP contribution in [0.1, 0.15) is 26.3 Å². The van der Waals surface area contributed by atoms with Crippen LogP contribution in [0.5, 0.6) is 0 Å². The van der Waals surface area contributed by atoms with Crippen molar-refractivity contribution in [2.45, 2.75) is 32.1 Å². The Morgan fingerprint density at radius 2 is 1.79 bits per heavy atom. The van der Waals surface area contributed by atoms with Gasteiger partial charge in [-0.2, -0.15) is 0 Å². The second-order valence-corrected chi connectivity index (χ2v) is 6.98. The molecule has 1 amide bonds. The van der Waals surface area contributed by atoms with Gasteiger partial charge < -0.3 is 10.6 Å². The first-order chi connectivity index (χ1) is 8.40. The van der Waals surface area contributed by atoms with E-state index < -0.39 is 0 Å². The third-order valence-electron chi connectivity index (χ3n) is 2.25. The predicted molar refractivity (Wildman–Crippen MR) is 87.3 cm³/mol. The fourth-order valence-electron chi connectivity index (χ4n) is 1.39. The number of nitrogens with one attached hydrogen (secondary N) is 2. The molecule has 108 valence electrons. The number of benzene rings is 1. The Bertz CT molecular complexity index is 387. The quantitative estimate of drug-likeness (QED) is 0.877. The maximum Gasteiger partial charge on any atom is 0.234 e. The monoisotopic (exact) mass is 302 g/mol. The molecule has 2 N–H and O–H groups in total. The van der Waals surface area contributed by atoms with Gasteiger partial charge in [0.25, 0.3) is 0 Å². The number of anilines is 1. The molecular weight excluding hydrogens is 280 g/mol. The Hall–Kier alpha value is -0.710. The minimum Gasteiger partial charge on any atom is -0.325 e. The minimum absolute atomic E-state index is 0. The molecule has 0 aliphatic rings. The molecule has 0 unspecified atom stereocenters. The molecule has 0 atom stereocenters. The molecule has 1 aromatic carbocycles. The van der Waals surface area contributed by atoms with Gasteiger partial charge in [-0.1, -0.05) is 32.9 Å². The summed E-state index contributed by atoms with van der Waals surface area (Å²) in [4.78, 5) is 11.7. The molecule has 0 spiro atoms. The number of thioether (sulfide) groups is 1. The van der Waals surface area contributed by atoms with E-state index in [1.807, 2.05) is 31.3 Å². The molecule has 1 rings (SSSR count). The third-order valence-corrected chi connectivity index (χ3v) is 3.53. The van der Waals surface area contributed by atoms with Gasteiger partial charge >= 0.3 is 0 Å². The van der Waals surface area contributed by atoms with E-state index in [9.17, 15) is 4.79 Å². The number of carbonyl (C=O) groups excluding carboxylic acids is 1. The minimum atomic E-state index is 0. The van der Waals surface area contributed by atoms with Crippen LogP contribution in [0.15, 0.2) is 24.3 Å². The van der Waals surface area contributed by atoms with Crippen molar-refractivity contribution < 1.29 is 4.79 Å². The van der Waals surface area contributed by atoms with Crippen LogP contribution < -0.4 is 10.6 Å². The smallest absolute Gasteiger partial charge is 0.234 e. The Balaban J connectivity index is 0.00000324. The summed E-state index contributed by atoms with van der Waals surface area (Å²) in [5, 5.41) is 5.99. The van der Waals surface area contributed by atoms with Crippen LogP contribution in [0.4, 0.5) is 5.69 Å². The van der Waals surface area contributed by atoms with Crippen molar-refractivity contribution in [3.63, 3.8) is 0 Å². The van der Waals surface area contributed by atoms with Gasteiger partial charge in [-0.05, 0) is 24.7 Å². The van der Waals surface area contributed by atoms with Crippen molar-refractivity contribution in [1.29, 1.82) is 0 Å². The highest BCUT2D eigenvalue weighted by Gasteiger charge is 2.13. The maximum absolute atomic E-state index is 11.7. The first-order valence-electron chi connectivity index (χ1n) is 6.08. The zero-order valence-electron chi connectivity index (χ0n) is 11.9. The van der Waals surface area contributed by atoms with Crippen LogP contribution in [0.3, 0.4) is 0 Å². The van der Waals surface area contributed by atoms with E-state index in [-0.39, 0.29) is 23.1 Å². The average Bonchev–Trinajstić information content (AvgIpc) is 2.29. The third kappa shape index (κ3) is 8.14. The van der Waals surface area contributed by atoms with Crippen molar-refractivity contribution in [2.24, 2.45) is 0 Å². The number of hydrogen-bond acceptors (Lipinski definition) is 3. The van der Waals surface area contributed by atoms with Gasteiger partial charge in [-0.3, -0.25) is 4.79 Å². The average molecular weight is 303 g/mol. The van der Waals surface area contributed by atoms with Crippen LogP contribution in [0.2, 0.25) is 0 Å². The zero-order chi connectivity index (χ0) is 13.6. The second-order valence-electron chi connectivity index (χ2n) is 5.18. The lowest BCUT2D eigenvalue weighted by molar-refractivity contribution is -0.113. The Morgan fingerprint density at radius 3 is 2.26 bits per heavy atom. The lowest BCUT2D eigenvalue weighted by Gasteiger charge is -2.17. The summed E-state index contributed by atoms with van der Waals surface area (Å²) in [6, 6.07) is 7.91. The molecule has 0 saturated heterocycles. The molecule has 1 aromatic rings. The predicted octanol–water partition coefficient (Wildman–Crippen LogP) is 3.30. The van der Waals surface area contributed by atoms with Crippen molar-refractivity contribution in [3.05, 3.63) is 29.8 Å². The summed E-state index contributed by atoms with van der Waals surface area (Å²) in [6.45, 7) is 7.17. The topological polar surface area (TPSA) is 41.1 Å². The Morgan fingerprint density at radius 1 is 1.21 bits per heavy atom. The fourth-order valence-corrected chi connectivity index (χ4v) is 2.03. The summed E-state index contributed by atoms with van der Waals surface area (Å²) in [5.74, 6) is 0.540. The molecule has 0 fully saturated rings. The lowest BCUT2D eigenvalue weighted by Crippen LogP contribution is -2.18. The summed E-state index contributed by atoms with van der Waals surface area (Å²) in [7, 11) is 1.92. The molecular formula is C14H23ClN2OS. The van der Waals surface area contributed by atoms with E-state index in [2.05, 4.69) is 31.4 Å². The van der Waals surface area contributed by atoms with Crippen LogP contribution >= 0.6 is 24.2 Å². The molecule has 5 heteroatoms. The first-order valence-corrected chi connectivity index (χ1v) is 7.06. The molecule has 3 nitrogen and oxygen atoms in total. The standard InChI is InChI=1S/C14H22N2OS.ClH/c1-14(2,3)18-10-13(17)16-12-7-5-11(6-8-12)9-15-4;/h5-8,15H,9-10H2,1-4H3,(H,16,17);1H. The highest BCUT2D eigenvalue weighted by molar-refractivity contribution is 8.01. The second kappa shape index (κ2) is 8.46. The summed E-state index contributed by atoms with van der Waals surface area (Å²) in [5.41, 5.74) is 2.06. The van der Waals surface area contributed by atoms with Gasteiger partial charge in [0, 0.05) is 17.0 Å². The number of carbonyl (C=O) groups is 1. The largest absolute Gasteiger partial charge is 0.325 e. The van der Waals surface area contributed by atoms with Gasteiger partial charge in [0.2, 0.25) is 5.91 Å². The van der Waals surface area contributed by atoms with Crippen LogP contribution in [0, 0.1) is 0 Å². The Kier molecular flexibility index (Phi) is 8.14. The van der Waals surface area contributed by atoms with Crippen molar-refractivity contribution >= 4 is 35.8 Å². The van der Waals surface area contributed by atoms with E-state index in [1.54, 1.807) is 11.8 Å². The molecule has 0 aliphatic heterocycles. The van der Waals surface area contributed by atoms with Crippen molar-refractivity contribution in [3.8, 4) is 0 Å². The van der Waals surface area contributed by atoms with E-state index in [4.69, 9.17) is 0 Å². The molecule has 0 radical (unpaired) electrons. The van der Waals surface area contributed by atoms with Gasteiger partial charge in [0.05, 0.1) is 5.75 Å². The molecule has 0 bridgehead atoms. The van der Waals surface area contributed by atoms with E-state index in [0.29, 0.717) is 5.75 Å². The lowest BCUT2D eigenvalue weighted by atomic mass is 10.2. The number of amides is 1. The molecule has 0 saturated carbocycles. The van der Waals surface area contributed by atoms with Crippen molar-refractivity contribution in [2.75, 3.05) is 18.1 Å². The number of rotatable bonds is 5. The first kappa shape index (κ1) is 18.3. The summed E-state index contributed by atoms with van der Waals surface area (Å²) < 4.78 is 0.119. The molecule has 0 aliphatic carbocycles. The van der Waals surface area contributed by atoms with E-state index in [0.717, 1.165) is 12.2 Å². The van der Waals surface area contributed by atoms with E-state index >= 15 is 0 Å².